The molecule has 2 rings (SSSR count). The molecule has 0 saturated heterocycles. The maximum atomic E-state index is 6.16. The summed E-state index contributed by atoms with van der Waals surface area (Å²) < 4.78 is 2.32. The molecule has 0 aromatic carbocycles. The molecule has 1 saturated carbocycles. The summed E-state index contributed by atoms with van der Waals surface area (Å²) in [5.74, 6) is 0. The number of hydrogen-bond acceptors (Lipinski definition) is 2. The lowest BCUT2D eigenvalue weighted by molar-refractivity contribution is 0.321. The molecule has 0 bridgehead atoms. The fourth-order valence-corrected chi connectivity index (χ4v) is 3.30. The predicted molar refractivity (Wildman–Crippen MR) is 75.7 cm³/mol. The van der Waals surface area contributed by atoms with Crippen LogP contribution in [0.1, 0.15) is 81.9 Å². The van der Waals surface area contributed by atoms with Crippen LogP contribution in [0.25, 0.3) is 0 Å². The van der Waals surface area contributed by atoms with E-state index in [1.54, 1.807) is 0 Å². The molecule has 18 heavy (non-hydrogen) atoms. The van der Waals surface area contributed by atoms with Crippen LogP contribution < -0.4 is 5.73 Å². The first-order valence-corrected chi connectivity index (χ1v) is 7.54. The zero-order valence-electron chi connectivity index (χ0n) is 12.1. The van der Waals surface area contributed by atoms with E-state index in [1.807, 2.05) is 0 Å². The van der Waals surface area contributed by atoms with Crippen molar-refractivity contribution in [2.45, 2.75) is 77.8 Å². The minimum Gasteiger partial charge on any atom is -0.324 e. The van der Waals surface area contributed by atoms with Crippen molar-refractivity contribution >= 4 is 0 Å². The molecule has 2 N–H and O–H groups in total. The van der Waals surface area contributed by atoms with E-state index in [1.165, 1.54) is 49.1 Å². The maximum absolute atomic E-state index is 6.16. The number of aromatic nitrogens is 2. The third-order valence-electron chi connectivity index (χ3n) is 4.17. The monoisotopic (exact) mass is 249 g/mol. The standard InChI is InChI=1S/C15H27N3/c1-4-13-15(11(3)16)14(5-2)18(17-13)12-9-7-6-8-10-12/h11-12H,4-10,16H2,1-3H3. The van der Waals surface area contributed by atoms with Gasteiger partial charge in [0.05, 0.1) is 11.7 Å². The number of nitrogens with two attached hydrogens (primary N) is 1. The molecule has 0 amide bonds. The van der Waals surface area contributed by atoms with Crippen LogP contribution in [-0.2, 0) is 12.8 Å². The summed E-state index contributed by atoms with van der Waals surface area (Å²) in [6.45, 7) is 6.49. The summed E-state index contributed by atoms with van der Waals surface area (Å²) in [5.41, 5.74) is 10.1. The third-order valence-corrected chi connectivity index (χ3v) is 4.17. The van der Waals surface area contributed by atoms with Gasteiger partial charge >= 0.3 is 0 Å². The van der Waals surface area contributed by atoms with Gasteiger partial charge in [-0.25, -0.2) is 0 Å². The Bertz CT molecular complexity index is 387. The molecule has 1 heterocycles. The Labute approximate surface area is 111 Å². The average molecular weight is 249 g/mol. The van der Waals surface area contributed by atoms with Gasteiger partial charge in [0.15, 0.2) is 0 Å². The van der Waals surface area contributed by atoms with Crippen LogP contribution in [0.3, 0.4) is 0 Å². The van der Waals surface area contributed by atoms with Crippen LogP contribution >= 0.6 is 0 Å². The minimum absolute atomic E-state index is 0.104. The highest BCUT2D eigenvalue weighted by Gasteiger charge is 2.24. The Balaban J connectivity index is 2.39. The van der Waals surface area contributed by atoms with E-state index >= 15 is 0 Å². The molecule has 1 aliphatic carbocycles. The van der Waals surface area contributed by atoms with Crippen LogP contribution in [0.5, 0.6) is 0 Å². The molecule has 1 aliphatic rings. The molecule has 102 valence electrons. The van der Waals surface area contributed by atoms with E-state index in [0.29, 0.717) is 6.04 Å². The fraction of sp³-hybridized carbons (Fsp3) is 0.800. The van der Waals surface area contributed by atoms with Gasteiger partial charge < -0.3 is 5.73 Å². The second-order valence-corrected chi connectivity index (χ2v) is 5.54. The van der Waals surface area contributed by atoms with E-state index in [4.69, 9.17) is 10.8 Å². The van der Waals surface area contributed by atoms with E-state index in [2.05, 4.69) is 25.5 Å². The maximum Gasteiger partial charge on any atom is 0.0672 e. The SMILES string of the molecule is CCc1nn(C2CCCCC2)c(CC)c1C(C)N. The summed E-state index contributed by atoms with van der Waals surface area (Å²) in [7, 11) is 0. The lowest BCUT2D eigenvalue weighted by Crippen LogP contribution is -2.17. The lowest BCUT2D eigenvalue weighted by Gasteiger charge is -2.24. The second-order valence-electron chi connectivity index (χ2n) is 5.54. The highest BCUT2D eigenvalue weighted by atomic mass is 15.3. The second kappa shape index (κ2) is 5.87. The first-order chi connectivity index (χ1) is 8.69. The van der Waals surface area contributed by atoms with Crippen molar-refractivity contribution < 1.29 is 0 Å². The quantitative estimate of drug-likeness (QED) is 0.887. The molecule has 1 atom stereocenters. The zero-order valence-corrected chi connectivity index (χ0v) is 12.1. The predicted octanol–water partition coefficient (Wildman–Crippen LogP) is 3.53. The summed E-state index contributed by atoms with van der Waals surface area (Å²) in [6, 6.07) is 0.721. The molecule has 1 unspecified atom stereocenters. The Morgan fingerprint density at radius 1 is 1.22 bits per heavy atom. The van der Waals surface area contributed by atoms with Gasteiger partial charge in [0.25, 0.3) is 0 Å². The van der Waals surface area contributed by atoms with Gasteiger partial charge in [-0.15, -0.1) is 0 Å². The van der Waals surface area contributed by atoms with Gasteiger partial charge in [-0.2, -0.15) is 5.10 Å². The van der Waals surface area contributed by atoms with Crippen LogP contribution in [0.4, 0.5) is 0 Å². The van der Waals surface area contributed by atoms with Crippen molar-refractivity contribution in [3.63, 3.8) is 0 Å². The van der Waals surface area contributed by atoms with Gasteiger partial charge in [-0.1, -0.05) is 33.1 Å². The van der Waals surface area contributed by atoms with Gasteiger partial charge in [-0.05, 0) is 32.6 Å². The van der Waals surface area contributed by atoms with Crippen LogP contribution in [0, 0.1) is 0 Å². The van der Waals surface area contributed by atoms with Crippen molar-refractivity contribution in [1.29, 1.82) is 0 Å². The summed E-state index contributed by atoms with van der Waals surface area (Å²) >= 11 is 0. The van der Waals surface area contributed by atoms with Gasteiger partial charge in [0.2, 0.25) is 0 Å². The number of rotatable bonds is 4. The Kier molecular flexibility index (Phi) is 4.44. The molecule has 1 aromatic heterocycles. The Hall–Kier alpha value is -0.830. The molecule has 0 radical (unpaired) electrons. The van der Waals surface area contributed by atoms with Crippen molar-refractivity contribution in [2.75, 3.05) is 0 Å². The largest absolute Gasteiger partial charge is 0.324 e. The molecule has 3 heteroatoms. The first-order valence-electron chi connectivity index (χ1n) is 7.54. The van der Waals surface area contributed by atoms with Crippen molar-refractivity contribution in [3.8, 4) is 0 Å². The average Bonchev–Trinajstić information content (AvgIpc) is 2.78. The minimum atomic E-state index is 0.104. The highest BCUT2D eigenvalue weighted by Crippen LogP contribution is 2.32. The molecule has 3 nitrogen and oxygen atoms in total. The number of hydrogen-bond donors (Lipinski definition) is 1. The van der Waals surface area contributed by atoms with E-state index in [-0.39, 0.29) is 6.04 Å². The zero-order chi connectivity index (χ0) is 13.1. The lowest BCUT2D eigenvalue weighted by atomic mass is 9.95. The fourth-order valence-electron chi connectivity index (χ4n) is 3.30. The third kappa shape index (κ3) is 2.46. The van der Waals surface area contributed by atoms with Crippen molar-refractivity contribution in [2.24, 2.45) is 5.73 Å². The van der Waals surface area contributed by atoms with E-state index < -0.39 is 0 Å². The summed E-state index contributed by atoms with van der Waals surface area (Å²) in [6.07, 6.45) is 8.70. The number of aryl methyl sites for hydroxylation is 1. The van der Waals surface area contributed by atoms with E-state index in [9.17, 15) is 0 Å². The Morgan fingerprint density at radius 2 is 1.89 bits per heavy atom. The molecular formula is C15H27N3. The van der Waals surface area contributed by atoms with Gasteiger partial charge in [0.1, 0.15) is 0 Å². The normalized spacial score (nSPS) is 19.1. The molecule has 0 aliphatic heterocycles. The summed E-state index contributed by atoms with van der Waals surface area (Å²) in [5, 5.41) is 4.88. The number of nitrogens with zero attached hydrogens (tertiary/aromatic N) is 2. The van der Waals surface area contributed by atoms with Gasteiger partial charge in [0, 0.05) is 17.3 Å². The Morgan fingerprint density at radius 3 is 2.39 bits per heavy atom. The highest BCUT2D eigenvalue weighted by molar-refractivity contribution is 5.30. The smallest absolute Gasteiger partial charge is 0.0672 e. The van der Waals surface area contributed by atoms with Crippen LogP contribution in [-0.4, -0.2) is 9.78 Å². The van der Waals surface area contributed by atoms with Crippen LogP contribution in [0.2, 0.25) is 0 Å². The molecular weight excluding hydrogens is 222 g/mol. The summed E-state index contributed by atoms with van der Waals surface area (Å²) in [4.78, 5) is 0. The molecule has 1 fully saturated rings. The van der Waals surface area contributed by atoms with Crippen molar-refractivity contribution in [1.82, 2.24) is 9.78 Å². The van der Waals surface area contributed by atoms with Gasteiger partial charge in [-0.3, -0.25) is 4.68 Å². The molecule has 1 aromatic rings. The van der Waals surface area contributed by atoms with Crippen molar-refractivity contribution in [3.05, 3.63) is 17.0 Å². The van der Waals surface area contributed by atoms with E-state index in [0.717, 1.165) is 12.8 Å². The molecule has 0 spiro atoms. The topological polar surface area (TPSA) is 43.8 Å². The first kappa shape index (κ1) is 13.6. The van der Waals surface area contributed by atoms with Crippen LogP contribution in [0.15, 0.2) is 0 Å².